The predicted molar refractivity (Wildman–Crippen MR) is 89.2 cm³/mol. The molecule has 1 amide bonds. The number of amides is 1. The van der Waals surface area contributed by atoms with Crippen molar-refractivity contribution in [3.8, 4) is 0 Å². The molecule has 5 heteroatoms. The highest BCUT2D eigenvalue weighted by atomic mass is 32.2. The fourth-order valence-electron chi connectivity index (χ4n) is 2.55. The van der Waals surface area contributed by atoms with E-state index in [4.69, 9.17) is 9.72 Å². The first-order valence-electron chi connectivity index (χ1n) is 7.65. The summed E-state index contributed by atoms with van der Waals surface area (Å²) in [5.74, 6) is 0.614. The second kappa shape index (κ2) is 7.11. The van der Waals surface area contributed by atoms with Crippen molar-refractivity contribution in [2.45, 2.75) is 18.4 Å². The lowest BCUT2D eigenvalue weighted by atomic mass is 10.1. The van der Waals surface area contributed by atoms with Crippen LogP contribution in [0, 0.1) is 0 Å². The number of nitrogens with zero attached hydrogens (tertiary/aromatic N) is 2. The number of rotatable bonds is 4. The number of carbonyl (C=O) groups is 1. The predicted octanol–water partition coefficient (Wildman–Crippen LogP) is 2.75. The van der Waals surface area contributed by atoms with E-state index < -0.39 is 0 Å². The summed E-state index contributed by atoms with van der Waals surface area (Å²) in [5, 5.41) is 2.13. The molecule has 3 rings (SSSR count). The standard InChI is InChI=1S/C17H20N2O2S/c1-2-13-11-14-5-3-4-6-15(14)18-17(13)22-12-16(20)19-7-9-21-10-8-19/h3-6,11H,2,7-10,12H2,1H3. The van der Waals surface area contributed by atoms with Gasteiger partial charge in [0.1, 0.15) is 5.03 Å². The molecular formula is C17H20N2O2S. The van der Waals surface area contributed by atoms with Crippen molar-refractivity contribution in [3.63, 3.8) is 0 Å². The number of hydrogen-bond acceptors (Lipinski definition) is 4. The second-order valence-corrected chi connectivity index (χ2v) is 6.24. The maximum atomic E-state index is 12.3. The molecule has 0 unspecified atom stereocenters. The first-order chi connectivity index (χ1) is 10.8. The van der Waals surface area contributed by atoms with Crippen LogP contribution in [0.3, 0.4) is 0 Å². The molecule has 1 saturated heterocycles. The maximum Gasteiger partial charge on any atom is 0.233 e. The van der Waals surface area contributed by atoms with Crippen molar-refractivity contribution in [1.82, 2.24) is 9.88 Å². The molecule has 0 bridgehead atoms. The minimum Gasteiger partial charge on any atom is -0.378 e. The highest BCUT2D eigenvalue weighted by Crippen LogP contribution is 2.25. The normalized spacial score (nSPS) is 15.2. The summed E-state index contributed by atoms with van der Waals surface area (Å²) in [7, 11) is 0. The molecule has 0 aliphatic carbocycles. The summed E-state index contributed by atoms with van der Waals surface area (Å²) in [5.41, 5.74) is 2.19. The quantitative estimate of drug-likeness (QED) is 0.814. The van der Waals surface area contributed by atoms with Gasteiger partial charge < -0.3 is 9.64 Å². The number of hydrogen-bond donors (Lipinski definition) is 0. The van der Waals surface area contributed by atoms with Crippen molar-refractivity contribution in [2.75, 3.05) is 32.1 Å². The van der Waals surface area contributed by atoms with Crippen LogP contribution in [0.2, 0.25) is 0 Å². The smallest absolute Gasteiger partial charge is 0.233 e. The average molecular weight is 316 g/mol. The van der Waals surface area contributed by atoms with Gasteiger partial charge in [-0.1, -0.05) is 36.9 Å². The number of morpholine rings is 1. The zero-order chi connectivity index (χ0) is 15.4. The summed E-state index contributed by atoms with van der Waals surface area (Å²) in [6.07, 6.45) is 0.923. The summed E-state index contributed by atoms with van der Waals surface area (Å²) in [4.78, 5) is 18.9. The van der Waals surface area contributed by atoms with Crippen molar-refractivity contribution in [1.29, 1.82) is 0 Å². The van der Waals surface area contributed by atoms with Crippen LogP contribution in [-0.2, 0) is 16.0 Å². The van der Waals surface area contributed by atoms with Gasteiger partial charge in [0.2, 0.25) is 5.91 Å². The third kappa shape index (κ3) is 3.42. The Bertz CT molecular complexity index is 669. The lowest BCUT2D eigenvalue weighted by Gasteiger charge is -2.26. The average Bonchev–Trinajstić information content (AvgIpc) is 2.59. The van der Waals surface area contributed by atoms with E-state index in [-0.39, 0.29) is 5.91 Å². The van der Waals surface area contributed by atoms with Gasteiger partial charge in [-0.25, -0.2) is 4.98 Å². The molecule has 1 aliphatic heterocycles. The van der Waals surface area contributed by atoms with Crippen molar-refractivity contribution in [2.24, 2.45) is 0 Å². The Hall–Kier alpha value is -1.59. The van der Waals surface area contributed by atoms with Crippen molar-refractivity contribution >= 4 is 28.6 Å². The number of carbonyl (C=O) groups excluding carboxylic acids is 1. The maximum absolute atomic E-state index is 12.3. The molecule has 116 valence electrons. The topological polar surface area (TPSA) is 42.4 Å². The molecule has 0 radical (unpaired) electrons. The largest absolute Gasteiger partial charge is 0.378 e. The van der Waals surface area contributed by atoms with Gasteiger partial charge in [0.15, 0.2) is 0 Å². The Morgan fingerprint density at radius 1 is 1.32 bits per heavy atom. The summed E-state index contributed by atoms with van der Waals surface area (Å²) >= 11 is 1.55. The van der Waals surface area contributed by atoms with E-state index in [0.717, 1.165) is 22.3 Å². The van der Waals surface area contributed by atoms with Gasteiger partial charge in [0.05, 0.1) is 24.5 Å². The fraction of sp³-hybridized carbons (Fsp3) is 0.412. The highest BCUT2D eigenvalue weighted by molar-refractivity contribution is 7.99. The Labute approximate surface area is 134 Å². The molecule has 1 aromatic carbocycles. The van der Waals surface area contributed by atoms with E-state index in [9.17, 15) is 4.79 Å². The molecule has 22 heavy (non-hydrogen) atoms. The minimum absolute atomic E-state index is 0.172. The fourth-order valence-corrected chi connectivity index (χ4v) is 3.55. The van der Waals surface area contributed by atoms with Crippen LogP contribution in [0.1, 0.15) is 12.5 Å². The van der Waals surface area contributed by atoms with Gasteiger partial charge in [-0.2, -0.15) is 0 Å². The van der Waals surface area contributed by atoms with E-state index in [1.54, 1.807) is 11.8 Å². The SMILES string of the molecule is CCc1cc2ccccc2nc1SCC(=O)N1CCOCC1. The zero-order valence-electron chi connectivity index (χ0n) is 12.7. The van der Waals surface area contributed by atoms with Crippen LogP contribution in [0.5, 0.6) is 0 Å². The number of aromatic nitrogens is 1. The van der Waals surface area contributed by atoms with Gasteiger partial charge in [-0.3, -0.25) is 4.79 Å². The molecule has 2 heterocycles. The number of aryl methyl sites for hydroxylation is 1. The zero-order valence-corrected chi connectivity index (χ0v) is 13.6. The van der Waals surface area contributed by atoms with Gasteiger partial charge in [0.25, 0.3) is 0 Å². The lowest BCUT2D eigenvalue weighted by molar-refractivity contribution is -0.132. The molecule has 4 nitrogen and oxygen atoms in total. The van der Waals surface area contributed by atoms with Gasteiger partial charge in [-0.15, -0.1) is 0 Å². The monoisotopic (exact) mass is 316 g/mol. The molecule has 0 saturated carbocycles. The second-order valence-electron chi connectivity index (χ2n) is 5.28. The van der Waals surface area contributed by atoms with E-state index >= 15 is 0 Å². The molecule has 1 fully saturated rings. The summed E-state index contributed by atoms with van der Waals surface area (Å²) < 4.78 is 5.28. The number of benzene rings is 1. The Kier molecular flexibility index (Phi) is 4.95. The van der Waals surface area contributed by atoms with Crippen LogP contribution >= 0.6 is 11.8 Å². The molecule has 2 aromatic rings. The van der Waals surface area contributed by atoms with Crippen LogP contribution < -0.4 is 0 Å². The van der Waals surface area contributed by atoms with E-state index in [0.29, 0.717) is 32.1 Å². The molecule has 0 spiro atoms. The van der Waals surface area contributed by atoms with Crippen molar-refractivity contribution < 1.29 is 9.53 Å². The number of pyridine rings is 1. The Balaban J connectivity index is 1.73. The van der Waals surface area contributed by atoms with Crippen LogP contribution in [0.4, 0.5) is 0 Å². The summed E-state index contributed by atoms with van der Waals surface area (Å²) in [6.45, 7) is 4.81. The van der Waals surface area contributed by atoms with Crippen LogP contribution in [0.25, 0.3) is 10.9 Å². The molecule has 0 atom stereocenters. The van der Waals surface area contributed by atoms with Crippen molar-refractivity contribution in [3.05, 3.63) is 35.9 Å². The van der Waals surface area contributed by atoms with E-state index in [1.807, 2.05) is 23.1 Å². The third-order valence-corrected chi connectivity index (χ3v) is 4.86. The molecule has 1 aliphatic rings. The first-order valence-corrected chi connectivity index (χ1v) is 8.63. The number of thioether (sulfide) groups is 1. The molecule has 1 aromatic heterocycles. The molecule has 0 N–H and O–H groups in total. The number of ether oxygens (including phenoxy) is 1. The number of para-hydroxylation sites is 1. The van der Waals surface area contributed by atoms with E-state index in [2.05, 4.69) is 19.1 Å². The third-order valence-electron chi connectivity index (χ3n) is 3.84. The number of fused-ring (bicyclic) bond motifs is 1. The lowest BCUT2D eigenvalue weighted by Crippen LogP contribution is -2.41. The minimum atomic E-state index is 0.172. The highest BCUT2D eigenvalue weighted by Gasteiger charge is 2.17. The van der Waals surface area contributed by atoms with Gasteiger partial charge in [-0.05, 0) is 24.1 Å². The Morgan fingerprint density at radius 2 is 2.09 bits per heavy atom. The van der Waals surface area contributed by atoms with E-state index in [1.165, 1.54) is 5.56 Å². The van der Waals surface area contributed by atoms with Crippen LogP contribution in [-0.4, -0.2) is 47.8 Å². The van der Waals surface area contributed by atoms with Gasteiger partial charge >= 0.3 is 0 Å². The van der Waals surface area contributed by atoms with Crippen LogP contribution in [0.15, 0.2) is 35.4 Å². The first kappa shape index (κ1) is 15.3. The Morgan fingerprint density at radius 3 is 2.86 bits per heavy atom. The molecular weight excluding hydrogens is 296 g/mol. The van der Waals surface area contributed by atoms with Gasteiger partial charge in [0, 0.05) is 18.5 Å². The summed E-state index contributed by atoms with van der Waals surface area (Å²) in [6, 6.07) is 10.3.